The highest BCUT2D eigenvalue weighted by Crippen LogP contribution is 2.26. The third kappa shape index (κ3) is 3.98. The zero-order valence-corrected chi connectivity index (χ0v) is 11.1. The smallest absolute Gasteiger partial charge is 0.306 e. The summed E-state index contributed by atoms with van der Waals surface area (Å²) in [6, 6.07) is 5.43. The molecule has 5 heteroatoms. The zero-order chi connectivity index (χ0) is 12.0. The fourth-order valence-electron chi connectivity index (χ4n) is 1.08. The summed E-state index contributed by atoms with van der Waals surface area (Å²) in [5.41, 5.74) is 0.637. The number of rotatable bonds is 5. The number of ether oxygens (including phenoxy) is 1. The van der Waals surface area contributed by atoms with Gasteiger partial charge in [0.25, 0.3) is 0 Å². The molecule has 0 atom stereocenters. The summed E-state index contributed by atoms with van der Waals surface area (Å²) in [5.74, 6) is 0.361. The summed E-state index contributed by atoms with van der Waals surface area (Å²) in [6.07, 6.45) is 1.15. The molecule has 1 aromatic rings. The van der Waals surface area contributed by atoms with Crippen LogP contribution < -0.4 is 0 Å². The quantitative estimate of drug-likeness (QED) is 0.476. The lowest BCUT2D eigenvalue weighted by Gasteiger charge is -2.04. The summed E-state index contributed by atoms with van der Waals surface area (Å²) in [6.45, 7) is 0. The molecule has 0 saturated heterocycles. The van der Waals surface area contributed by atoms with Crippen molar-refractivity contribution in [2.75, 3.05) is 12.9 Å². The monoisotopic (exact) mass is 302 g/mol. The number of benzene rings is 1. The Kier molecular flexibility index (Phi) is 5.55. The molecule has 0 amide bonds. The maximum absolute atomic E-state index is 10.9. The number of carbonyl (C=O) groups is 2. The number of halogens is 1. The largest absolute Gasteiger partial charge is 0.469 e. The first kappa shape index (κ1) is 13.3. The van der Waals surface area contributed by atoms with Crippen molar-refractivity contribution in [1.29, 1.82) is 0 Å². The van der Waals surface area contributed by atoms with Gasteiger partial charge in [0.15, 0.2) is 6.29 Å². The third-order valence-electron chi connectivity index (χ3n) is 1.89. The Morgan fingerprint density at radius 3 is 2.94 bits per heavy atom. The second-order valence-corrected chi connectivity index (χ2v) is 5.03. The number of thioether (sulfide) groups is 1. The number of aldehydes is 1. The van der Waals surface area contributed by atoms with Crippen molar-refractivity contribution < 1.29 is 14.3 Å². The van der Waals surface area contributed by atoms with Crippen LogP contribution in [0.3, 0.4) is 0 Å². The normalized spacial score (nSPS) is 9.88. The Bertz CT molecular complexity index is 393. The Morgan fingerprint density at radius 2 is 2.31 bits per heavy atom. The standard InChI is InChI=1S/C11H11BrO3S/c1-15-11(14)4-5-16-10-6-9(12)3-2-8(10)7-13/h2-3,6-7H,4-5H2,1H3. The minimum absolute atomic E-state index is 0.241. The maximum Gasteiger partial charge on any atom is 0.306 e. The minimum Gasteiger partial charge on any atom is -0.469 e. The summed E-state index contributed by atoms with van der Waals surface area (Å²) in [7, 11) is 1.36. The van der Waals surface area contributed by atoms with Crippen LogP contribution in [0.1, 0.15) is 16.8 Å². The summed E-state index contributed by atoms with van der Waals surface area (Å²) < 4.78 is 5.45. The molecule has 0 saturated carbocycles. The molecule has 1 rings (SSSR count). The summed E-state index contributed by atoms with van der Waals surface area (Å²) >= 11 is 4.81. The summed E-state index contributed by atoms with van der Waals surface area (Å²) in [5, 5.41) is 0. The fraction of sp³-hybridized carbons (Fsp3) is 0.273. The van der Waals surface area contributed by atoms with Gasteiger partial charge in [-0.15, -0.1) is 11.8 Å². The van der Waals surface area contributed by atoms with E-state index in [9.17, 15) is 9.59 Å². The molecule has 0 N–H and O–H groups in total. The Hall–Kier alpha value is -0.810. The van der Waals surface area contributed by atoms with E-state index >= 15 is 0 Å². The van der Waals surface area contributed by atoms with Crippen LogP contribution in [0.2, 0.25) is 0 Å². The van der Waals surface area contributed by atoms with Gasteiger partial charge in [-0.1, -0.05) is 15.9 Å². The van der Waals surface area contributed by atoms with E-state index in [2.05, 4.69) is 20.7 Å². The van der Waals surface area contributed by atoms with Gasteiger partial charge in [0.05, 0.1) is 13.5 Å². The van der Waals surface area contributed by atoms with Gasteiger partial charge < -0.3 is 4.74 Å². The zero-order valence-electron chi connectivity index (χ0n) is 8.73. The van der Waals surface area contributed by atoms with Crippen LogP contribution >= 0.6 is 27.7 Å². The van der Waals surface area contributed by atoms with E-state index in [0.717, 1.165) is 15.7 Å². The number of methoxy groups -OCH3 is 1. The molecule has 0 aliphatic rings. The van der Waals surface area contributed by atoms with Gasteiger partial charge in [-0.25, -0.2) is 0 Å². The predicted octanol–water partition coefficient (Wildman–Crippen LogP) is 2.92. The fourth-order valence-corrected chi connectivity index (χ4v) is 2.57. The van der Waals surface area contributed by atoms with Crippen LogP contribution in [0.4, 0.5) is 0 Å². The number of esters is 1. The molecule has 1 aromatic carbocycles. The van der Waals surface area contributed by atoms with E-state index in [1.807, 2.05) is 12.1 Å². The van der Waals surface area contributed by atoms with Crippen molar-refractivity contribution in [2.24, 2.45) is 0 Å². The maximum atomic E-state index is 10.9. The molecular weight excluding hydrogens is 292 g/mol. The molecule has 0 spiro atoms. The molecule has 0 aliphatic heterocycles. The molecule has 0 heterocycles. The van der Waals surface area contributed by atoms with Crippen LogP contribution in [-0.4, -0.2) is 25.1 Å². The number of hydrogen-bond acceptors (Lipinski definition) is 4. The highest BCUT2D eigenvalue weighted by Gasteiger charge is 2.05. The summed E-state index contributed by atoms with van der Waals surface area (Å²) in [4.78, 5) is 22.5. The van der Waals surface area contributed by atoms with E-state index in [0.29, 0.717) is 17.7 Å². The number of carbonyl (C=O) groups excluding carboxylic acids is 2. The highest BCUT2D eigenvalue weighted by atomic mass is 79.9. The highest BCUT2D eigenvalue weighted by molar-refractivity contribution is 9.10. The average molecular weight is 303 g/mol. The van der Waals surface area contributed by atoms with Gasteiger partial charge in [0.2, 0.25) is 0 Å². The Morgan fingerprint density at radius 1 is 1.56 bits per heavy atom. The van der Waals surface area contributed by atoms with Gasteiger partial charge in [-0.3, -0.25) is 9.59 Å². The molecule has 0 unspecified atom stereocenters. The first-order chi connectivity index (χ1) is 7.67. The molecule has 0 aromatic heterocycles. The van der Waals surface area contributed by atoms with Crippen molar-refractivity contribution in [3.8, 4) is 0 Å². The van der Waals surface area contributed by atoms with Crippen molar-refractivity contribution in [2.45, 2.75) is 11.3 Å². The lowest BCUT2D eigenvalue weighted by molar-refractivity contribution is -0.140. The van der Waals surface area contributed by atoms with E-state index in [1.54, 1.807) is 6.07 Å². The van der Waals surface area contributed by atoms with Crippen LogP contribution in [0.15, 0.2) is 27.6 Å². The lowest BCUT2D eigenvalue weighted by Crippen LogP contribution is -2.01. The van der Waals surface area contributed by atoms with Gasteiger partial charge in [0, 0.05) is 20.7 Å². The van der Waals surface area contributed by atoms with Gasteiger partial charge in [-0.2, -0.15) is 0 Å². The molecule has 0 fully saturated rings. The van der Waals surface area contributed by atoms with E-state index in [4.69, 9.17) is 0 Å². The van der Waals surface area contributed by atoms with Crippen molar-refractivity contribution >= 4 is 39.9 Å². The van der Waals surface area contributed by atoms with Crippen LogP contribution in [0, 0.1) is 0 Å². The average Bonchev–Trinajstić information content (AvgIpc) is 2.29. The van der Waals surface area contributed by atoms with E-state index < -0.39 is 0 Å². The van der Waals surface area contributed by atoms with Crippen LogP contribution in [-0.2, 0) is 9.53 Å². The first-order valence-electron chi connectivity index (χ1n) is 4.61. The van der Waals surface area contributed by atoms with Gasteiger partial charge in [0.1, 0.15) is 0 Å². The molecule has 0 radical (unpaired) electrons. The topological polar surface area (TPSA) is 43.4 Å². The van der Waals surface area contributed by atoms with Crippen LogP contribution in [0.5, 0.6) is 0 Å². The van der Waals surface area contributed by atoms with Crippen molar-refractivity contribution in [3.05, 3.63) is 28.2 Å². The van der Waals surface area contributed by atoms with Crippen molar-refractivity contribution in [1.82, 2.24) is 0 Å². The molecule has 86 valence electrons. The molecule has 0 aliphatic carbocycles. The third-order valence-corrected chi connectivity index (χ3v) is 3.46. The SMILES string of the molecule is COC(=O)CCSc1cc(Br)ccc1C=O. The van der Waals surface area contributed by atoms with Gasteiger partial charge in [-0.05, 0) is 18.2 Å². The van der Waals surface area contributed by atoms with E-state index in [-0.39, 0.29) is 5.97 Å². The first-order valence-corrected chi connectivity index (χ1v) is 6.39. The molecule has 0 bridgehead atoms. The van der Waals surface area contributed by atoms with Crippen molar-refractivity contribution in [3.63, 3.8) is 0 Å². The minimum atomic E-state index is -0.241. The van der Waals surface area contributed by atoms with Gasteiger partial charge >= 0.3 is 5.97 Å². The Labute approximate surface area is 107 Å². The molecular formula is C11H11BrO3S. The molecule has 16 heavy (non-hydrogen) atoms. The Balaban J connectivity index is 2.61. The lowest BCUT2D eigenvalue weighted by atomic mass is 10.2. The molecule has 3 nitrogen and oxygen atoms in total. The predicted molar refractivity (Wildman–Crippen MR) is 66.9 cm³/mol. The van der Waals surface area contributed by atoms with Crippen LogP contribution in [0.25, 0.3) is 0 Å². The second-order valence-electron chi connectivity index (χ2n) is 2.97. The van der Waals surface area contributed by atoms with E-state index in [1.165, 1.54) is 18.9 Å². The number of hydrogen-bond donors (Lipinski definition) is 0. The second kappa shape index (κ2) is 6.70.